The lowest BCUT2D eigenvalue weighted by Gasteiger charge is -2.40. The lowest BCUT2D eigenvalue weighted by Crippen LogP contribution is -2.44. The molecule has 2 atom stereocenters. The molecule has 2 aromatic rings. The second-order valence-corrected chi connectivity index (χ2v) is 7.49. The molecule has 1 saturated heterocycles. The molecule has 4 nitrogen and oxygen atoms in total. The summed E-state index contributed by atoms with van der Waals surface area (Å²) in [5, 5.41) is 0.365. The molecule has 1 aliphatic heterocycles. The second kappa shape index (κ2) is 7.71. The van der Waals surface area contributed by atoms with E-state index in [1.54, 1.807) is 16.8 Å². The van der Waals surface area contributed by atoms with Crippen LogP contribution in [0.4, 0.5) is 0 Å². The molecule has 0 radical (unpaired) electrons. The minimum absolute atomic E-state index is 0.0625. The Morgan fingerprint density at radius 1 is 1.17 bits per heavy atom. The molecule has 3 rings (SSSR count). The predicted octanol–water partition coefficient (Wildman–Crippen LogP) is 2.94. The van der Waals surface area contributed by atoms with Crippen LogP contribution in [0, 0.1) is 0 Å². The highest BCUT2D eigenvalue weighted by molar-refractivity contribution is 8.00. The molecule has 1 aliphatic rings. The van der Waals surface area contributed by atoms with Crippen LogP contribution in [0.15, 0.2) is 59.5 Å². The maximum absolute atomic E-state index is 12.8. The first kappa shape index (κ1) is 16.8. The fourth-order valence-electron chi connectivity index (χ4n) is 3.21. The van der Waals surface area contributed by atoms with Crippen LogP contribution in [0.2, 0.25) is 0 Å². The van der Waals surface area contributed by atoms with Crippen molar-refractivity contribution in [3.63, 3.8) is 0 Å². The van der Waals surface area contributed by atoms with E-state index >= 15 is 0 Å². The average molecular weight is 342 g/mol. The van der Waals surface area contributed by atoms with Gasteiger partial charge in [0.25, 0.3) is 5.56 Å². The SMILES string of the molecule is CC1SCCN(C(=O)CCn2ccccc2=O)C1c1ccccc1. The van der Waals surface area contributed by atoms with Crippen molar-refractivity contribution in [1.29, 1.82) is 0 Å². The highest BCUT2D eigenvalue weighted by Crippen LogP contribution is 2.36. The standard InChI is InChI=1S/C19H22N2O2S/c1-15-19(16-7-3-2-4-8-16)21(13-14-24-15)18(23)10-12-20-11-6-5-9-17(20)22/h2-9,11,15,19H,10,12-14H2,1H3. The third-order valence-corrected chi connectivity index (χ3v) is 5.62. The Kier molecular flexibility index (Phi) is 5.41. The van der Waals surface area contributed by atoms with E-state index in [9.17, 15) is 9.59 Å². The summed E-state index contributed by atoms with van der Waals surface area (Å²) in [5.41, 5.74) is 1.12. The first-order chi connectivity index (χ1) is 11.7. The molecule has 126 valence electrons. The predicted molar refractivity (Wildman–Crippen MR) is 98.1 cm³/mol. The van der Waals surface area contributed by atoms with Gasteiger partial charge in [-0.05, 0) is 11.6 Å². The van der Waals surface area contributed by atoms with Crippen LogP contribution in [-0.4, -0.2) is 32.9 Å². The van der Waals surface area contributed by atoms with Crippen LogP contribution in [0.3, 0.4) is 0 Å². The lowest BCUT2D eigenvalue weighted by molar-refractivity contribution is -0.133. The van der Waals surface area contributed by atoms with Gasteiger partial charge in [0.1, 0.15) is 0 Å². The fourth-order valence-corrected chi connectivity index (χ4v) is 4.37. The topological polar surface area (TPSA) is 42.3 Å². The molecular formula is C19H22N2O2S. The zero-order valence-electron chi connectivity index (χ0n) is 13.8. The Morgan fingerprint density at radius 2 is 1.92 bits per heavy atom. The largest absolute Gasteiger partial charge is 0.334 e. The third kappa shape index (κ3) is 3.73. The average Bonchev–Trinajstić information content (AvgIpc) is 2.61. The summed E-state index contributed by atoms with van der Waals surface area (Å²) in [6, 6.07) is 15.4. The summed E-state index contributed by atoms with van der Waals surface area (Å²) in [7, 11) is 0. The summed E-state index contributed by atoms with van der Waals surface area (Å²) in [5.74, 6) is 1.08. The molecule has 5 heteroatoms. The number of aryl methyl sites for hydroxylation is 1. The summed E-state index contributed by atoms with van der Waals surface area (Å²) in [6.45, 7) is 3.37. The van der Waals surface area contributed by atoms with Crippen LogP contribution < -0.4 is 5.56 Å². The van der Waals surface area contributed by atoms with Gasteiger partial charge in [0, 0.05) is 42.8 Å². The second-order valence-electron chi connectivity index (χ2n) is 6.00. The Morgan fingerprint density at radius 3 is 2.67 bits per heavy atom. The molecule has 2 heterocycles. The Balaban J connectivity index is 1.74. The highest BCUT2D eigenvalue weighted by Gasteiger charge is 2.33. The van der Waals surface area contributed by atoms with Crippen molar-refractivity contribution in [3.05, 3.63) is 70.6 Å². The number of hydrogen-bond donors (Lipinski definition) is 0. The van der Waals surface area contributed by atoms with E-state index in [1.165, 1.54) is 11.6 Å². The van der Waals surface area contributed by atoms with E-state index in [2.05, 4.69) is 19.1 Å². The van der Waals surface area contributed by atoms with E-state index in [-0.39, 0.29) is 17.5 Å². The summed E-state index contributed by atoms with van der Waals surface area (Å²) in [4.78, 5) is 26.6. The van der Waals surface area contributed by atoms with E-state index in [0.717, 1.165) is 12.3 Å². The van der Waals surface area contributed by atoms with E-state index in [1.807, 2.05) is 40.9 Å². The van der Waals surface area contributed by atoms with Crippen molar-refractivity contribution in [2.45, 2.75) is 31.2 Å². The summed E-state index contributed by atoms with van der Waals surface area (Å²) >= 11 is 1.91. The zero-order valence-corrected chi connectivity index (χ0v) is 14.6. The third-order valence-electron chi connectivity index (χ3n) is 4.42. The molecule has 1 amide bonds. The highest BCUT2D eigenvalue weighted by atomic mass is 32.2. The van der Waals surface area contributed by atoms with Crippen LogP contribution in [0.25, 0.3) is 0 Å². The lowest BCUT2D eigenvalue weighted by atomic mass is 10.0. The number of hydrogen-bond acceptors (Lipinski definition) is 3. The van der Waals surface area contributed by atoms with Gasteiger partial charge in [0.2, 0.25) is 5.91 Å². The van der Waals surface area contributed by atoms with Crippen molar-refractivity contribution < 1.29 is 4.79 Å². The minimum Gasteiger partial charge on any atom is -0.334 e. The molecule has 0 aliphatic carbocycles. The van der Waals surface area contributed by atoms with Crippen molar-refractivity contribution in [2.24, 2.45) is 0 Å². The van der Waals surface area contributed by atoms with Crippen molar-refractivity contribution >= 4 is 17.7 Å². The molecular weight excluding hydrogens is 320 g/mol. The number of benzene rings is 1. The number of amides is 1. The van der Waals surface area contributed by atoms with Gasteiger partial charge < -0.3 is 9.47 Å². The Hall–Kier alpha value is -2.01. The monoisotopic (exact) mass is 342 g/mol. The molecule has 0 N–H and O–H groups in total. The number of pyridine rings is 1. The molecule has 1 aromatic heterocycles. The zero-order chi connectivity index (χ0) is 16.9. The van der Waals surface area contributed by atoms with Crippen molar-refractivity contribution in [1.82, 2.24) is 9.47 Å². The molecule has 1 aromatic carbocycles. The molecule has 0 spiro atoms. The number of nitrogens with zero attached hydrogens (tertiary/aromatic N) is 2. The van der Waals surface area contributed by atoms with Gasteiger partial charge in [-0.1, -0.05) is 43.3 Å². The van der Waals surface area contributed by atoms with Crippen LogP contribution in [0.5, 0.6) is 0 Å². The smallest absolute Gasteiger partial charge is 0.250 e. The Labute approximate surface area is 146 Å². The molecule has 0 saturated carbocycles. The van der Waals surface area contributed by atoms with Crippen LogP contribution >= 0.6 is 11.8 Å². The van der Waals surface area contributed by atoms with Gasteiger partial charge in [-0.3, -0.25) is 9.59 Å². The first-order valence-electron chi connectivity index (χ1n) is 8.28. The van der Waals surface area contributed by atoms with Gasteiger partial charge in [-0.15, -0.1) is 0 Å². The first-order valence-corrected chi connectivity index (χ1v) is 9.33. The van der Waals surface area contributed by atoms with Gasteiger partial charge in [-0.2, -0.15) is 11.8 Å². The normalized spacial score (nSPS) is 20.8. The number of carbonyl (C=O) groups excluding carboxylic acids is 1. The van der Waals surface area contributed by atoms with Crippen molar-refractivity contribution in [3.8, 4) is 0 Å². The van der Waals surface area contributed by atoms with E-state index < -0.39 is 0 Å². The number of carbonyl (C=O) groups is 1. The van der Waals surface area contributed by atoms with Crippen LogP contribution in [-0.2, 0) is 11.3 Å². The quantitative estimate of drug-likeness (QED) is 0.858. The number of rotatable bonds is 4. The van der Waals surface area contributed by atoms with Gasteiger partial charge >= 0.3 is 0 Å². The molecule has 24 heavy (non-hydrogen) atoms. The summed E-state index contributed by atoms with van der Waals surface area (Å²) in [6.07, 6.45) is 2.09. The van der Waals surface area contributed by atoms with E-state index in [0.29, 0.717) is 18.2 Å². The molecule has 0 bridgehead atoms. The van der Waals surface area contributed by atoms with E-state index in [4.69, 9.17) is 0 Å². The van der Waals surface area contributed by atoms with Gasteiger partial charge in [0.05, 0.1) is 6.04 Å². The number of thioether (sulfide) groups is 1. The number of aromatic nitrogens is 1. The summed E-state index contributed by atoms with van der Waals surface area (Å²) < 4.78 is 1.59. The Bertz CT molecular complexity index is 744. The van der Waals surface area contributed by atoms with Crippen molar-refractivity contribution in [2.75, 3.05) is 12.3 Å². The maximum atomic E-state index is 12.8. The maximum Gasteiger partial charge on any atom is 0.250 e. The fraction of sp³-hybridized carbons (Fsp3) is 0.368. The molecule has 1 fully saturated rings. The van der Waals surface area contributed by atoms with Crippen LogP contribution in [0.1, 0.15) is 24.9 Å². The minimum atomic E-state index is -0.0625. The van der Waals surface area contributed by atoms with Gasteiger partial charge in [-0.25, -0.2) is 0 Å². The molecule has 2 unspecified atom stereocenters. The van der Waals surface area contributed by atoms with Gasteiger partial charge in [0.15, 0.2) is 0 Å².